The lowest BCUT2D eigenvalue weighted by Crippen LogP contribution is -2.46. The number of benzene rings is 1. The zero-order valence-electron chi connectivity index (χ0n) is 15.2. The molecule has 0 saturated carbocycles. The minimum Gasteiger partial charge on any atom is -0.480 e. The van der Waals surface area contributed by atoms with Gasteiger partial charge in [-0.1, -0.05) is 18.2 Å². The summed E-state index contributed by atoms with van der Waals surface area (Å²) in [5, 5.41) is 17.1. The first-order valence-electron chi connectivity index (χ1n) is 7.80. The molecule has 9 heteroatoms. The van der Waals surface area contributed by atoms with E-state index in [1.807, 2.05) is 0 Å². The van der Waals surface area contributed by atoms with Crippen LogP contribution in [0.1, 0.15) is 27.7 Å². The van der Waals surface area contributed by atoms with E-state index in [1.165, 1.54) is 6.92 Å². The highest BCUT2D eigenvalue weighted by Gasteiger charge is 2.30. The van der Waals surface area contributed by atoms with Crippen molar-refractivity contribution in [2.45, 2.75) is 45.4 Å². The van der Waals surface area contributed by atoms with E-state index in [9.17, 15) is 14.4 Å². The van der Waals surface area contributed by atoms with E-state index in [-0.39, 0.29) is 5.75 Å². The predicted octanol–water partition coefficient (Wildman–Crippen LogP) is 2.23. The second-order valence-corrected chi connectivity index (χ2v) is 6.69. The first kappa shape index (κ1) is 23.7. The van der Waals surface area contributed by atoms with Gasteiger partial charge in [-0.2, -0.15) is 12.6 Å². The van der Waals surface area contributed by atoms with Crippen LogP contribution < -0.4 is 10.6 Å². The lowest BCUT2D eigenvalue weighted by atomic mass is 10.2. The summed E-state index contributed by atoms with van der Waals surface area (Å²) in [7, 11) is 0. The Morgan fingerprint density at radius 1 is 1.15 bits per heavy atom. The first-order valence-corrected chi connectivity index (χ1v) is 8.43. The van der Waals surface area contributed by atoms with Gasteiger partial charge in [-0.05, 0) is 39.8 Å². The molecule has 0 aliphatic carbocycles. The molecule has 0 radical (unpaired) electrons. The van der Waals surface area contributed by atoms with E-state index in [0.29, 0.717) is 5.69 Å². The van der Waals surface area contributed by atoms with E-state index in [2.05, 4.69) is 12.6 Å². The summed E-state index contributed by atoms with van der Waals surface area (Å²) < 4.78 is 5.25. The highest BCUT2D eigenvalue weighted by molar-refractivity contribution is 7.80. The van der Waals surface area contributed by atoms with Gasteiger partial charge in [0.25, 0.3) is 0 Å². The Kier molecular flexibility index (Phi) is 9.74. The Hall–Kier alpha value is -2.26. The van der Waals surface area contributed by atoms with Crippen LogP contribution in [0.4, 0.5) is 10.5 Å². The van der Waals surface area contributed by atoms with Crippen molar-refractivity contribution in [3.05, 3.63) is 30.3 Å². The Morgan fingerprint density at radius 2 is 1.65 bits per heavy atom. The fraction of sp³-hybridized carbons (Fsp3) is 0.471. The summed E-state index contributed by atoms with van der Waals surface area (Å²) in [5.41, 5.74) is 4.75. The summed E-state index contributed by atoms with van der Waals surface area (Å²) in [6.07, 6.45) is -0.673. The number of rotatable bonds is 5. The monoisotopic (exact) mass is 386 g/mol. The van der Waals surface area contributed by atoms with Crippen LogP contribution in [0.25, 0.3) is 0 Å². The quantitative estimate of drug-likeness (QED) is 0.571. The van der Waals surface area contributed by atoms with Gasteiger partial charge in [-0.25, -0.2) is 9.59 Å². The molecule has 0 bridgehead atoms. The SMILES string of the molecule is CC(C(=O)O)N(C(=O)OC(C)(C)C)c1ccccc1.NC(CS)C(=O)O. The number of carboxylic acid groups (broad SMARTS) is 2. The molecule has 0 aromatic heterocycles. The number of hydrogen-bond donors (Lipinski definition) is 4. The Bertz CT molecular complexity index is 603. The number of anilines is 1. The maximum atomic E-state index is 12.1. The molecule has 2 unspecified atom stereocenters. The van der Waals surface area contributed by atoms with Crippen molar-refractivity contribution in [1.82, 2.24) is 0 Å². The van der Waals surface area contributed by atoms with Crippen molar-refractivity contribution in [1.29, 1.82) is 0 Å². The molecule has 1 amide bonds. The van der Waals surface area contributed by atoms with Gasteiger partial charge in [0.05, 0.1) is 0 Å². The van der Waals surface area contributed by atoms with E-state index >= 15 is 0 Å². The first-order chi connectivity index (χ1) is 11.9. The van der Waals surface area contributed by atoms with Crippen molar-refractivity contribution >= 4 is 36.3 Å². The molecule has 2 atom stereocenters. The molecule has 26 heavy (non-hydrogen) atoms. The zero-order chi connectivity index (χ0) is 20.5. The second-order valence-electron chi connectivity index (χ2n) is 6.33. The largest absolute Gasteiger partial charge is 0.480 e. The third-order valence-corrected chi connectivity index (χ3v) is 3.28. The van der Waals surface area contributed by atoms with Gasteiger partial charge in [0.15, 0.2) is 0 Å². The number of carbonyl (C=O) groups is 3. The average molecular weight is 386 g/mol. The molecule has 0 fully saturated rings. The Morgan fingerprint density at radius 3 is 1.96 bits per heavy atom. The van der Waals surface area contributed by atoms with Crippen LogP contribution in [0, 0.1) is 0 Å². The molecule has 0 spiro atoms. The van der Waals surface area contributed by atoms with Crippen LogP contribution in [0.5, 0.6) is 0 Å². The number of carboxylic acids is 2. The van der Waals surface area contributed by atoms with Crippen LogP contribution in [0.2, 0.25) is 0 Å². The van der Waals surface area contributed by atoms with Gasteiger partial charge in [0, 0.05) is 11.4 Å². The summed E-state index contributed by atoms with van der Waals surface area (Å²) in [4.78, 5) is 34.2. The van der Waals surface area contributed by atoms with Gasteiger partial charge in [-0.15, -0.1) is 0 Å². The molecule has 1 rings (SSSR count). The molecule has 0 heterocycles. The van der Waals surface area contributed by atoms with Gasteiger partial charge in [-0.3, -0.25) is 9.69 Å². The van der Waals surface area contributed by atoms with Crippen molar-refractivity contribution in [3.63, 3.8) is 0 Å². The minimum absolute atomic E-state index is 0.190. The number of para-hydroxylation sites is 1. The number of hydrogen-bond acceptors (Lipinski definition) is 6. The van der Waals surface area contributed by atoms with Crippen LogP contribution in [0.3, 0.4) is 0 Å². The Labute approximate surface area is 158 Å². The normalized spacial score (nSPS) is 12.8. The van der Waals surface area contributed by atoms with E-state index < -0.39 is 35.7 Å². The lowest BCUT2D eigenvalue weighted by Gasteiger charge is -2.29. The van der Waals surface area contributed by atoms with Crippen LogP contribution in [-0.4, -0.2) is 51.7 Å². The van der Waals surface area contributed by atoms with Crippen LogP contribution >= 0.6 is 12.6 Å². The van der Waals surface area contributed by atoms with Crippen molar-refractivity contribution in [3.8, 4) is 0 Å². The second kappa shape index (κ2) is 10.7. The summed E-state index contributed by atoms with van der Waals surface area (Å²) in [5.74, 6) is -1.90. The minimum atomic E-state index is -1.09. The van der Waals surface area contributed by atoms with Crippen LogP contribution in [0.15, 0.2) is 30.3 Å². The molecule has 1 aromatic carbocycles. The van der Waals surface area contributed by atoms with Crippen molar-refractivity contribution in [2.24, 2.45) is 5.73 Å². The van der Waals surface area contributed by atoms with Gasteiger partial charge >= 0.3 is 18.0 Å². The van der Waals surface area contributed by atoms with Gasteiger partial charge in [0.2, 0.25) is 0 Å². The maximum absolute atomic E-state index is 12.1. The molecule has 4 N–H and O–H groups in total. The maximum Gasteiger partial charge on any atom is 0.415 e. The molecule has 0 saturated heterocycles. The molecule has 146 valence electrons. The lowest BCUT2D eigenvalue weighted by molar-refractivity contribution is -0.139. The van der Waals surface area contributed by atoms with Crippen LogP contribution in [-0.2, 0) is 14.3 Å². The predicted molar refractivity (Wildman–Crippen MR) is 102 cm³/mol. The molecule has 1 aromatic rings. The van der Waals surface area contributed by atoms with Crippen molar-refractivity contribution < 1.29 is 29.3 Å². The molecule has 0 aliphatic heterocycles. The number of carbonyl (C=O) groups excluding carboxylic acids is 1. The number of amides is 1. The van der Waals surface area contributed by atoms with Gasteiger partial charge in [0.1, 0.15) is 17.7 Å². The highest BCUT2D eigenvalue weighted by Crippen LogP contribution is 2.20. The zero-order valence-corrected chi connectivity index (χ0v) is 16.1. The standard InChI is InChI=1S/C14H19NO4.C3H7NO2S/c1-10(12(16)17)15(11-8-6-5-7-9-11)13(18)19-14(2,3)4;4-2(1-7)3(5)6/h5-10H,1-4H3,(H,16,17);2,7H,1,4H2,(H,5,6). The summed E-state index contributed by atoms with van der Waals surface area (Å²) in [6.45, 7) is 6.65. The average Bonchev–Trinajstić information content (AvgIpc) is 2.53. The Balaban J connectivity index is 0.000000758. The summed E-state index contributed by atoms with van der Waals surface area (Å²) in [6, 6.07) is 6.79. The molecule has 8 nitrogen and oxygen atoms in total. The smallest absolute Gasteiger partial charge is 0.415 e. The summed E-state index contributed by atoms with van der Waals surface area (Å²) >= 11 is 3.65. The fourth-order valence-electron chi connectivity index (χ4n) is 1.58. The number of thiol groups is 1. The number of ether oxygens (including phenoxy) is 1. The topological polar surface area (TPSA) is 130 Å². The number of aliphatic carboxylic acids is 2. The number of nitrogens with two attached hydrogens (primary N) is 1. The molecular formula is C17H26N2O6S. The molecular weight excluding hydrogens is 360 g/mol. The van der Waals surface area contributed by atoms with E-state index in [4.69, 9.17) is 20.7 Å². The van der Waals surface area contributed by atoms with Gasteiger partial charge < -0.3 is 20.7 Å². The van der Waals surface area contributed by atoms with E-state index in [0.717, 1.165) is 4.90 Å². The third-order valence-electron chi connectivity index (χ3n) is 2.88. The fourth-order valence-corrected chi connectivity index (χ4v) is 1.73. The van der Waals surface area contributed by atoms with E-state index in [1.54, 1.807) is 51.1 Å². The van der Waals surface area contributed by atoms with Crippen molar-refractivity contribution in [2.75, 3.05) is 10.7 Å². The number of nitrogens with zero attached hydrogens (tertiary/aromatic N) is 1. The highest BCUT2D eigenvalue weighted by atomic mass is 32.1. The third kappa shape index (κ3) is 8.72. The molecule has 0 aliphatic rings.